The van der Waals surface area contributed by atoms with E-state index in [1.807, 2.05) is 6.92 Å². The largest absolute Gasteiger partial charge is 0.368 e. The molecule has 4 nitrogen and oxygen atoms in total. The van der Waals surface area contributed by atoms with Crippen LogP contribution in [0.3, 0.4) is 0 Å². The SMILES string of the molecule is C=CN=C(N)N=CC(C)C=N. The van der Waals surface area contributed by atoms with Gasteiger partial charge in [-0.2, -0.15) is 0 Å². The van der Waals surface area contributed by atoms with E-state index in [9.17, 15) is 0 Å². The molecule has 0 aliphatic carbocycles. The molecule has 0 bridgehead atoms. The van der Waals surface area contributed by atoms with Gasteiger partial charge in [-0.15, -0.1) is 0 Å². The van der Waals surface area contributed by atoms with Crippen molar-refractivity contribution in [1.29, 1.82) is 5.41 Å². The molecule has 1 atom stereocenters. The summed E-state index contributed by atoms with van der Waals surface area (Å²) in [6, 6.07) is 0. The Morgan fingerprint density at radius 3 is 2.82 bits per heavy atom. The summed E-state index contributed by atoms with van der Waals surface area (Å²) in [5.74, 6) is 0.155. The first-order valence-corrected chi connectivity index (χ1v) is 3.19. The van der Waals surface area contributed by atoms with Crippen LogP contribution in [0.15, 0.2) is 22.8 Å². The summed E-state index contributed by atoms with van der Waals surface area (Å²) < 4.78 is 0. The van der Waals surface area contributed by atoms with Crippen LogP contribution in [-0.4, -0.2) is 18.4 Å². The highest BCUT2D eigenvalue weighted by Crippen LogP contribution is 1.83. The van der Waals surface area contributed by atoms with Crippen LogP contribution in [0.5, 0.6) is 0 Å². The second-order valence-electron chi connectivity index (χ2n) is 1.97. The van der Waals surface area contributed by atoms with Gasteiger partial charge in [-0.1, -0.05) is 13.5 Å². The van der Waals surface area contributed by atoms with Crippen LogP contribution in [0.25, 0.3) is 0 Å². The molecule has 0 aliphatic heterocycles. The van der Waals surface area contributed by atoms with Crippen molar-refractivity contribution in [3.05, 3.63) is 12.8 Å². The van der Waals surface area contributed by atoms with E-state index in [0.29, 0.717) is 0 Å². The first-order valence-electron chi connectivity index (χ1n) is 3.19. The molecule has 1 unspecified atom stereocenters. The Kier molecular flexibility index (Phi) is 4.64. The van der Waals surface area contributed by atoms with E-state index in [1.54, 1.807) is 6.21 Å². The molecule has 0 amide bonds. The number of aliphatic imine (C=N–C) groups is 2. The van der Waals surface area contributed by atoms with E-state index < -0.39 is 0 Å². The van der Waals surface area contributed by atoms with Gasteiger partial charge in [0.25, 0.3) is 0 Å². The van der Waals surface area contributed by atoms with Gasteiger partial charge < -0.3 is 11.1 Å². The van der Waals surface area contributed by atoms with E-state index in [-0.39, 0.29) is 11.9 Å². The summed E-state index contributed by atoms with van der Waals surface area (Å²) >= 11 is 0. The molecule has 3 N–H and O–H groups in total. The molecule has 0 spiro atoms. The lowest BCUT2D eigenvalue weighted by atomic mass is 10.2. The summed E-state index contributed by atoms with van der Waals surface area (Å²) in [5.41, 5.74) is 5.29. The first-order chi connectivity index (χ1) is 5.20. The highest BCUT2D eigenvalue weighted by Gasteiger charge is 1.89. The average Bonchev–Trinajstić information content (AvgIpc) is 2.01. The number of hydrogen-bond donors (Lipinski definition) is 2. The van der Waals surface area contributed by atoms with Crippen molar-refractivity contribution in [3.63, 3.8) is 0 Å². The number of rotatable bonds is 3. The van der Waals surface area contributed by atoms with E-state index in [1.165, 1.54) is 12.4 Å². The number of nitrogens with zero attached hydrogens (tertiary/aromatic N) is 2. The third-order valence-corrected chi connectivity index (χ3v) is 0.928. The number of hydrogen-bond acceptors (Lipinski definition) is 2. The van der Waals surface area contributed by atoms with E-state index in [0.717, 1.165) is 0 Å². The zero-order chi connectivity index (χ0) is 8.69. The second-order valence-corrected chi connectivity index (χ2v) is 1.97. The smallest absolute Gasteiger partial charge is 0.219 e. The molecule has 0 aromatic heterocycles. The van der Waals surface area contributed by atoms with Crippen LogP contribution in [0.4, 0.5) is 0 Å². The maximum atomic E-state index is 6.84. The van der Waals surface area contributed by atoms with Crippen molar-refractivity contribution in [3.8, 4) is 0 Å². The van der Waals surface area contributed by atoms with Crippen molar-refractivity contribution >= 4 is 18.4 Å². The Morgan fingerprint density at radius 1 is 1.73 bits per heavy atom. The molecule has 4 heteroatoms. The predicted molar refractivity (Wildman–Crippen MR) is 48.3 cm³/mol. The molecule has 11 heavy (non-hydrogen) atoms. The molecule has 0 saturated heterocycles. The van der Waals surface area contributed by atoms with Gasteiger partial charge in [-0.25, -0.2) is 9.98 Å². The van der Waals surface area contributed by atoms with Crippen molar-refractivity contribution < 1.29 is 0 Å². The zero-order valence-electron chi connectivity index (χ0n) is 6.49. The first kappa shape index (κ1) is 9.55. The normalized spacial score (nSPS) is 14.8. The molecule has 60 valence electrons. The van der Waals surface area contributed by atoms with Gasteiger partial charge in [0.05, 0.1) is 0 Å². The van der Waals surface area contributed by atoms with Gasteiger partial charge in [0.15, 0.2) is 0 Å². The van der Waals surface area contributed by atoms with Crippen LogP contribution in [0, 0.1) is 11.3 Å². The Morgan fingerprint density at radius 2 is 2.36 bits per heavy atom. The van der Waals surface area contributed by atoms with Gasteiger partial charge in [0.1, 0.15) is 0 Å². The predicted octanol–water partition coefficient (Wildman–Crippen LogP) is 0.801. The van der Waals surface area contributed by atoms with Crippen LogP contribution in [0.1, 0.15) is 6.92 Å². The summed E-state index contributed by atoms with van der Waals surface area (Å²) in [4.78, 5) is 7.38. The van der Waals surface area contributed by atoms with Crippen molar-refractivity contribution in [2.75, 3.05) is 0 Å². The van der Waals surface area contributed by atoms with Crippen molar-refractivity contribution in [1.82, 2.24) is 0 Å². The third kappa shape index (κ3) is 5.02. The summed E-state index contributed by atoms with van der Waals surface area (Å²) in [6.45, 7) is 5.19. The lowest BCUT2D eigenvalue weighted by Gasteiger charge is -1.92. The second kappa shape index (κ2) is 5.34. The Hall–Kier alpha value is -1.45. The monoisotopic (exact) mass is 152 g/mol. The molecule has 0 radical (unpaired) electrons. The minimum absolute atomic E-state index is 0.00596. The summed E-state index contributed by atoms with van der Waals surface area (Å²) in [7, 11) is 0. The van der Waals surface area contributed by atoms with E-state index in [2.05, 4.69) is 16.6 Å². The Bertz CT molecular complexity index is 193. The molecular weight excluding hydrogens is 140 g/mol. The Balaban J connectivity index is 4.01. The number of nitrogens with two attached hydrogens (primary N) is 1. The quantitative estimate of drug-likeness (QED) is 0.455. The minimum atomic E-state index is -0.00596. The average molecular weight is 152 g/mol. The fourth-order valence-electron chi connectivity index (χ4n) is 0.364. The lowest BCUT2D eigenvalue weighted by Crippen LogP contribution is -2.09. The molecule has 0 heterocycles. The van der Waals surface area contributed by atoms with Crippen LogP contribution >= 0.6 is 0 Å². The molecular formula is C7H12N4. The minimum Gasteiger partial charge on any atom is -0.368 e. The Labute approximate surface area is 66.1 Å². The molecule has 0 aromatic rings. The molecule has 0 aromatic carbocycles. The molecule has 0 saturated carbocycles. The zero-order valence-corrected chi connectivity index (χ0v) is 6.49. The maximum absolute atomic E-state index is 6.84. The van der Waals surface area contributed by atoms with Crippen LogP contribution in [0.2, 0.25) is 0 Å². The summed E-state index contributed by atoms with van der Waals surface area (Å²) in [5, 5.41) is 6.84. The van der Waals surface area contributed by atoms with Crippen molar-refractivity contribution in [2.24, 2.45) is 21.6 Å². The lowest BCUT2D eigenvalue weighted by molar-refractivity contribution is 1.10. The molecule has 0 aliphatic rings. The fourth-order valence-corrected chi connectivity index (χ4v) is 0.364. The van der Waals surface area contributed by atoms with Crippen molar-refractivity contribution in [2.45, 2.75) is 6.92 Å². The van der Waals surface area contributed by atoms with E-state index in [4.69, 9.17) is 11.1 Å². The molecule has 0 fully saturated rings. The van der Waals surface area contributed by atoms with Crippen LogP contribution in [-0.2, 0) is 0 Å². The van der Waals surface area contributed by atoms with E-state index >= 15 is 0 Å². The van der Waals surface area contributed by atoms with Gasteiger partial charge in [-0.05, 0) is 0 Å². The van der Waals surface area contributed by atoms with Gasteiger partial charge in [0.2, 0.25) is 5.96 Å². The van der Waals surface area contributed by atoms with Gasteiger partial charge in [0, 0.05) is 24.5 Å². The standard InChI is InChI=1S/C7H12N4/c1-3-10-7(9)11-5-6(2)4-8/h3-6,8H,1H2,2H3,(H2,9,10). The highest BCUT2D eigenvalue weighted by atomic mass is 15.0. The third-order valence-electron chi connectivity index (χ3n) is 0.928. The highest BCUT2D eigenvalue weighted by molar-refractivity contribution is 5.91. The van der Waals surface area contributed by atoms with Crippen LogP contribution < -0.4 is 5.73 Å². The summed E-state index contributed by atoms with van der Waals surface area (Å²) in [6.07, 6.45) is 4.14. The topological polar surface area (TPSA) is 74.6 Å². The maximum Gasteiger partial charge on any atom is 0.219 e. The van der Waals surface area contributed by atoms with Gasteiger partial charge in [-0.3, -0.25) is 0 Å². The fraction of sp³-hybridized carbons (Fsp3) is 0.286. The number of nitrogens with one attached hydrogen (secondary N) is 1. The van der Waals surface area contributed by atoms with Gasteiger partial charge >= 0.3 is 0 Å². The molecule has 0 rings (SSSR count). The number of guanidine groups is 1.